The van der Waals surface area contributed by atoms with E-state index in [1.165, 1.54) is 4.90 Å². The second-order valence-electron chi connectivity index (χ2n) is 4.44. The molecule has 1 N–H and O–H groups in total. The second-order valence-corrected chi connectivity index (χ2v) is 4.44. The Kier molecular flexibility index (Phi) is 4.48. The Balaban J connectivity index is 1.90. The summed E-state index contributed by atoms with van der Waals surface area (Å²) in [5.41, 5.74) is 0.922. The highest BCUT2D eigenvalue weighted by molar-refractivity contribution is 5.65. The zero-order valence-electron chi connectivity index (χ0n) is 10.6. The fraction of sp³-hybridized carbons (Fsp3) is 0.583. The molecule has 0 aliphatic carbocycles. The number of halogens is 1. The minimum atomic E-state index is -0.887. The number of nitrogens with zero attached hydrogens (tertiary/aromatic N) is 4. The van der Waals surface area contributed by atoms with Crippen LogP contribution in [0, 0.1) is 0 Å². The van der Waals surface area contributed by atoms with Crippen molar-refractivity contribution in [2.45, 2.75) is 12.8 Å². The standard InChI is InChI=1S/C12H17FN4O2/c13-3-1-2-10-8-14-11(15-9-10)16-4-6-17(7-5-16)12(18)19/h8-9H,1-7H2,(H,18,19). The van der Waals surface area contributed by atoms with Gasteiger partial charge in [-0.2, -0.15) is 0 Å². The number of rotatable bonds is 4. The van der Waals surface area contributed by atoms with Crippen molar-refractivity contribution in [3.63, 3.8) is 0 Å². The molecule has 1 aliphatic rings. The maximum Gasteiger partial charge on any atom is 0.407 e. The molecule has 0 saturated carbocycles. The van der Waals surface area contributed by atoms with Crippen molar-refractivity contribution in [2.75, 3.05) is 37.8 Å². The van der Waals surface area contributed by atoms with Crippen LogP contribution in [0.2, 0.25) is 0 Å². The molecule has 0 spiro atoms. The number of carbonyl (C=O) groups is 1. The smallest absolute Gasteiger partial charge is 0.407 e. The van der Waals surface area contributed by atoms with Crippen LogP contribution < -0.4 is 4.90 Å². The molecule has 104 valence electrons. The summed E-state index contributed by atoms with van der Waals surface area (Å²) >= 11 is 0. The SMILES string of the molecule is O=C(O)N1CCN(c2ncc(CCCF)cn2)CC1. The molecule has 2 rings (SSSR count). The molecule has 1 fully saturated rings. The molecule has 19 heavy (non-hydrogen) atoms. The minimum Gasteiger partial charge on any atom is -0.465 e. The summed E-state index contributed by atoms with van der Waals surface area (Å²) in [6.45, 7) is 1.77. The molecule has 0 bridgehead atoms. The second kappa shape index (κ2) is 6.31. The van der Waals surface area contributed by atoms with Gasteiger partial charge < -0.3 is 14.9 Å². The van der Waals surface area contributed by atoms with Crippen molar-refractivity contribution in [3.8, 4) is 0 Å². The molecule has 6 nitrogen and oxygen atoms in total. The van der Waals surface area contributed by atoms with E-state index in [1.807, 2.05) is 4.90 Å². The van der Waals surface area contributed by atoms with Crippen molar-refractivity contribution >= 4 is 12.0 Å². The van der Waals surface area contributed by atoms with Crippen LogP contribution >= 0.6 is 0 Å². The third-order valence-electron chi connectivity index (χ3n) is 3.12. The van der Waals surface area contributed by atoms with Gasteiger partial charge in [0.05, 0.1) is 6.67 Å². The van der Waals surface area contributed by atoms with Crippen LogP contribution in [0.5, 0.6) is 0 Å². The van der Waals surface area contributed by atoms with E-state index >= 15 is 0 Å². The van der Waals surface area contributed by atoms with Gasteiger partial charge in [0, 0.05) is 38.6 Å². The maximum absolute atomic E-state index is 12.0. The minimum absolute atomic E-state index is 0.334. The largest absolute Gasteiger partial charge is 0.465 e. The Morgan fingerprint density at radius 2 is 1.89 bits per heavy atom. The highest BCUT2D eigenvalue weighted by Gasteiger charge is 2.21. The first-order chi connectivity index (χ1) is 9.20. The van der Waals surface area contributed by atoms with Crippen molar-refractivity contribution in [3.05, 3.63) is 18.0 Å². The van der Waals surface area contributed by atoms with Crippen molar-refractivity contribution in [1.82, 2.24) is 14.9 Å². The summed E-state index contributed by atoms with van der Waals surface area (Å²) in [5, 5.41) is 8.86. The van der Waals surface area contributed by atoms with Gasteiger partial charge in [0.2, 0.25) is 5.95 Å². The number of anilines is 1. The van der Waals surface area contributed by atoms with Crippen LogP contribution in [0.25, 0.3) is 0 Å². The van der Waals surface area contributed by atoms with Gasteiger partial charge >= 0.3 is 6.09 Å². The molecule has 1 aromatic heterocycles. The van der Waals surface area contributed by atoms with Crippen LogP contribution in [0.15, 0.2) is 12.4 Å². The Morgan fingerprint density at radius 1 is 1.26 bits per heavy atom. The normalized spacial score (nSPS) is 15.6. The number of amides is 1. The molecular formula is C12H17FN4O2. The lowest BCUT2D eigenvalue weighted by atomic mass is 10.2. The van der Waals surface area contributed by atoms with Crippen LogP contribution in [-0.4, -0.2) is 58.9 Å². The number of piperazine rings is 1. The molecule has 0 radical (unpaired) electrons. The molecule has 0 aromatic carbocycles. The third kappa shape index (κ3) is 3.52. The van der Waals surface area contributed by atoms with E-state index in [-0.39, 0.29) is 6.67 Å². The predicted octanol–water partition coefficient (Wildman–Crippen LogP) is 1.18. The molecule has 1 saturated heterocycles. The van der Waals surface area contributed by atoms with E-state index in [2.05, 4.69) is 9.97 Å². The van der Waals surface area contributed by atoms with Gasteiger partial charge in [-0.15, -0.1) is 0 Å². The molecule has 1 amide bonds. The average molecular weight is 268 g/mol. The Morgan fingerprint density at radius 3 is 2.42 bits per heavy atom. The molecule has 1 aromatic rings. The highest BCUT2D eigenvalue weighted by Crippen LogP contribution is 2.11. The number of hydrogen-bond acceptors (Lipinski definition) is 4. The summed E-state index contributed by atoms with van der Waals surface area (Å²) in [6.07, 6.45) is 3.66. The monoisotopic (exact) mass is 268 g/mol. The summed E-state index contributed by atoms with van der Waals surface area (Å²) in [4.78, 5) is 22.6. The van der Waals surface area contributed by atoms with Crippen molar-refractivity contribution < 1.29 is 14.3 Å². The van der Waals surface area contributed by atoms with E-state index in [0.29, 0.717) is 45.0 Å². The van der Waals surface area contributed by atoms with Crippen LogP contribution in [0.4, 0.5) is 15.1 Å². The van der Waals surface area contributed by atoms with Gasteiger partial charge in [-0.05, 0) is 18.4 Å². The van der Waals surface area contributed by atoms with E-state index in [0.717, 1.165) is 5.56 Å². The van der Waals surface area contributed by atoms with Crippen molar-refractivity contribution in [2.24, 2.45) is 0 Å². The molecule has 0 unspecified atom stereocenters. The molecular weight excluding hydrogens is 251 g/mol. The van der Waals surface area contributed by atoms with Gasteiger partial charge in [-0.3, -0.25) is 4.39 Å². The lowest BCUT2D eigenvalue weighted by Gasteiger charge is -2.33. The lowest BCUT2D eigenvalue weighted by Crippen LogP contribution is -2.48. The first-order valence-corrected chi connectivity index (χ1v) is 6.30. The number of carboxylic acid groups (broad SMARTS) is 1. The molecule has 2 heterocycles. The molecule has 1 aliphatic heterocycles. The number of aryl methyl sites for hydroxylation is 1. The molecule has 7 heteroatoms. The van der Waals surface area contributed by atoms with Gasteiger partial charge in [0.15, 0.2) is 0 Å². The zero-order valence-corrected chi connectivity index (χ0v) is 10.6. The quantitative estimate of drug-likeness (QED) is 0.888. The topological polar surface area (TPSA) is 69.6 Å². The van der Waals surface area contributed by atoms with Gasteiger partial charge in [0.25, 0.3) is 0 Å². The van der Waals surface area contributed by atoms with Crippen LogP contribution in [0.3, 0.4) is 0 Å². The predicted molar refractivity (Wildman–Crippen MR) is 68.1 cm³/mol. The summed E-state index contributed by atoms with van der Waals surface area (Å²) < 4.78 is 12.0. The number of alkyl halides is 1. The zero-order chi connectivity index (χ0) is 13.7. The van der Waals surface area contributed by atoms with Gasteiger partial charge in [-0.1, -0.05) is 0 Å². The fourth-order valence-electron chi connectivity index (χ4n) is 2.01. The van der Waals surface area contributed by atoms with E-state index in [4.69, 9.17) is 5.11 Å². The first-order valence-electron chi connectivity index (χ1n) is 6.30. The van der Waals surface area contributed by atoms with E-state index in [9.17, 15) is 9.18 Å². The highest BCUT2D eigenvalue weighted by atomic mass is 19.1. The Bertz CT molecular complexity index is 418. The van der Waals surface area contributed by atoms with E-state index < -0.39 is 6.09 Å². The van der Waals surface area contributed by atoms with Gasteiger partial charge in [-0.25, -0.2) is 14.8 Å². The third-order valence-corrected chi connectivity index (χ3v) is 3.12. The average Bonchev–Trinajstić information content (AvgIpc) is 2.46. The summed E-state index contributed by atoms with van der Waals surface area (Å²) in [6, 6.07) is 0. The fourth-order valence-corrected chi connectivity index (χ4v) is 2.01. The van der Waals surface area contributed by atoms with Crippen molar-refractivity contribution in [1.29, 1.82) is 0 Å². The number of hydrogen-bond donors (Lipinski definition) is 1. The van der Waals surface area contributed by atoms with E-state index in [1.54, 1.807) is 12.4 Å². The van der Waals surface area contributed by atoms with Crippen LogP contribution in [0.1, 0.15) is 12.0 Å². The van der Waals surface area contributed by atoms with Crippen LogP contribution in [-0.2, 0) is 6.42 Å². The van der Waals surface area contributed by atoms with Gasteiger partial charge in [0.1, 0.15) is 0 Å². The summed E-state index contributed by atoms with van der Waals surface area (Å²) in [7, 11) is 0. The lowest BCUT2D eigenvalue weighted by molar-refractivity contribution is 0.142. The number of aromatic nitrogens is 2. The molecule has 0 atom stereocenters. The first kappa shape index (κ1) is 13.5. The Hall–Kier alpha value is -1.92. The maximum atomic E-state index is 12.0. The Labute approximate surface area is 110 Å². The summed E-state index contributed by atoms with van der Waals surface area (Å²) in [5.74, 6) is 0.606.